The molecule has 42 heavy (non-hydrogen) atoms. The zero-order valence-corrected chi connectivity index (χ0v) is 24.2. The molecule has 2 aromatic carbocycles. The van der Waals surface area contributed by atoms with Gasteiger partial charge in [-0.25, -0.2) is 0 Å². The number of hydrogen-bond donors (Lipinski definition) is 1. The van der Waals surface area contributed by atoms with Crippen molar-refractivity contribution in [3.8, 4) is 23.0 Å². The van der Waals surface area contributed by atoms with Crippen LogP contribution in [0, 0.1) is 11.8 Å². The number of esters is 4. The van der Waals surface area contributed by atoms with E-state index in [9.17, 15) is 28.8 Å². The van der Waals surface area contributed by atoms with Crippen LogP contribution in [0.1, 0.15) is 86.9 Å². The van der Waals surface area contributed by atoms with Gasteiger partial charge in [0.25, 0.3) is 5.91 Å². The quantitative estimate of drug-likeness (QED) is 0.227. The molecule has 2 atom stereocenters. The van der Waals surface area contributed by atoms with E-state index in [1.54, 1.807) is 6.07 Å². The van der Waals surface area contributed by atoms with E-state index in [2.05, 4.69) is 5.32 Å². The Hall–Kier alpha value is -4.54. The average Bonchev–Trinajstić information content (AvgIpc) is 2.91. The van der Waals surface area contributed by atoms with E-state index in [1.165, 1.54) is 58.0 Å². The molecule has 11 nitrogen and oxygen atoms in total. The van der Waals surface area contributed by atoms with Gasteiger partial charge in [0.2, 0.25) is 0 Å². The standard InChI is InChI=1S/C31H35NO10/c1-18(33)39-27-12-9-24(15-29(27)41-20(3)35)26(37)11-8-22-6-5-7-23(14-22)17-32-31(38)25-10-13-28(40-19(2)34)30(16-25)42-21(4)36/h9-10,12-13,15-16,22-23H,5-8,11,14,17H2,1-4H3,(H,32,38). The lowest BCUT2D eigenvalue weighted by molar-refractivity contribution is -0.134. The Bertz CT molecular complexity index is 1260. The van der Waals surface area contributed by atoms with Gasteiger partial charge in [-0.1, -0.05) is 12.8 Å². The van der Waals surface area contributed by atoms with Crippen molar-refractivity contribution in [1.82, 2.24) is 5.32 Å². The molecular weight excluding hydrogens is 546 g/mol. The number of ketones is 1. The minimum absolute atomic E-state index is 0.0121. The van der Waals surface area contributed by atoms with E-state index >= 15 is 0 Å². The number of carbonyl (C=O) groups is 6. The largest absolute Gasteiger partial charge is 0.423 e. The summed E-state index contributed by atoms with van der Waals surface area (Å²) in [6.45, 7) is 5.32. The van der Waals surface area contributed by atoms with E-state index in [0.29, 0.717) is 30.9 Å². The second kappa shape index (κ2) is 14.9. The van der Waals surface area contributed by atoms with Gasteiger partial charge >= 0.3 is 23.9 Å². The van der Waals surface area contributed by atoms with Crippen molar-refractivity contribution < 1.29 is 47.7 Å². The van der Waals surface area contributed by atoms with Crippen LogP contribution in [0.5, 0.6) is 23.0 Å². The van der Waals surface area contributed by atoms with Crippen LogP contribution in [0.25, 0.3) is 0 Å². The Morgan fingerprint density at radius 3 is 1.69 bits per heavy atom. The number of benzene rings is 2. The smallest absolute Gasteiger partial charge is 0.308 e. The van der Waals surface area contributed by atoms with E-state index < -0.39 is 23.9 Å². The number of hydrogen-bond acceptors (Lipinski definition) is 10. The lowest BCUT2D eigenvalue weighted by Crippen LogP contribution is -2.32. The van der Waals surface area contributed by atoms with Crippen molar-refractivity contribution in [1.29, 1.82) is 0 Å². The predicted octanol–water partition coefficient (Wildman–Crippen LogP) is 4.59. The van der Waals surface area contributed by atoms with Crippen LogP contribution < -0.4 is 24.3 Å². The molecule has 0 bridgehead atoms. The molecular formula is C31H35NO10. The Labute approximate surface area is 243 Å². The summed E-state index contributed by atoms with van der Waals surface area (Å²) in [4.78, 5) is 71.3. The topological polar surface area (TPSA) is 151 Å². The maximum Gasteiger partial charge on any atom is 0.308 e. The molecule has 1 amide bonds. The van der Waals surface area contributed by atoms with Crippen molar-refractivity contribution in [2.75, 3.05) is 6.54 Å². The zero-order valence-electron chi connectivity index (χ0n) is 24.2. The summed E-state index contributed by atoms with van der Waals surface area (Å²) in [5.41, 5.74) is 0.613. The zero-order chi connectivity index (χ0) is 30.8. The molecule has 1 fully saturated rings. The van der Waals surface area contributed by atoms with E-state index in [4.69, 9.17) is 18.9 Å². The lowest BCUT2D eigenvalue weighted by Gasteiger charge is -2.29. The van der Waals surface area contributed by atoms with Gasteiger partial charge in [0.05, 0.1) is 0 Å². The third kappa shape index (κ3) is 9.83. The Morgan fingerprint density at radius 2 is 1.14 bits per heavy atom. The lowest BCUT2D eigenvalue weighted by atomic mass is 9.79. The maximum atomic E-state index is 12.9. The summed E-state index contributed by atoms with van der Waals surface area (Å²) in [6.07, 6.45) is 4.71. The van der Waals surface area contributed by atoms with E-state index in [1.807, 2.05) is 0 Å². The van der Waals surface area contributed by atoms with Crippen molar-refractivity contribution >= 4 is 35.6 Å². The summed E-state index contributed by atoms with van der Waals surface area (Å²) >= 11 is 0. The van der Waals surface area contributed by atoms with Crippen LogP contribution in [-0.4, -0.2) is 42.1 Å². The number of carbonyl (C=O) groups excluding carboxylic acids is 6. The number of Topliss-reactive ketones (excluding diaryl/α,β-unsaturated/α-hetero) is 1. The molecule has 0 radical (unpaired) electrons. The Balaban J connectivity index is 1.55. The molecule has 0 saturated heterocycles. The Morgan fingerprint density at radius 1 is 0.667 bits per heavy atom. The highest BCUT2D eigenvalue weighted by Crippen LogP contribution is 2.34. The summed E-state index contributed by atoms with van der Waals surface area (Å²) in [7, 11) is 0. The van der Waals surface area contributed by atoms with Crippen molar-refractivity contribution in [3.63, 3.8) is 0 Å². The molecule has 2 aromatic rings. The van der Waals surface area contributed by atoms with Crippen LogP contribution in [0.3, 0.4) is 0 Å². The monoisotopic (exact) mass is 581 g/mol. The van der Waals surface area contributed by atoms with Crippen LogP contribution in [0.2, 0.25) is 0 Å². The summed E-state index contributed by atoms with van der Waals surface area (Å²) in [6, 6.07) is 8.63. The molecule has 0 spiro atoms. The number of ether oxygens (including phenoxy) is 4. The van der Waals surface area contributed by atoms with Gasteiger partial charge in [0, 0.05) is 51.8 Å². The Kier molecular flexibility index (Phi) is 11.3. The van der Waals surface area contributed by atoms with E-state index in [-0.39, 0.29) is 46.2 Å². The van der Waals surface area contributed by atoms with Gasteiger partial charge in [-0.15, -0.1) is 0 Å². The van der Waals surface area contributed by atoms with Crippen molar-refractivity contribution in [3.05, 3.63) is 47.5 Å². The van der Waals surface area contributed by atoms with Crippen molar-refractivity contribution in [2.45, 2.75) is 66.2 Å². The third-order valence-electron chi connectivity index (χ3n) is 6.71. The fourth-order valence-electron chi connectivity index (χ4n) is 4.95. The second-order valence-electron chi connectivity index (χ2n) is 10.3. The normalized spacial score (nSPS) is 16.1. The predicted molar refractivity (Wildman–Crippen MR) is 149 cm³/mol. The molecule has 2 unspecified atom stereocenters. The fourth-order valence-corrected chi connectivity index (χ4v) is 4.95. The highest BCUT2D eigenvalue weighted by atomic mass is 16.6. The minimum atomic E-state index is -0.614. The molecule has 11 heteroatoms. The van der Waals surface area contributed by atoms with Gasteiger partial charge in [0.15, 0.2) is 28.8 Å². The van der Waals surface area contributed by atoms with Crippen LogP contribution in [0.15, 0.2) is 36.4 Å². The van der Waals surface area contributed by atoms with Crippen LogP contribution in [0.4, 0.5) is 0 Å². The number of amides is 1. The second-order valence-corrected chi connectivity index (χ2v) is 10.3. The first-order valence-corrected chi connectivity index (χ1v) is 13.7. The summed E-state index contributed by atoms with van der Waals surface area (Å²) < 4.78 is 20.3. The molecule has 224 valence electrons. The SMILES string of the molecule is CC(=O)Oc1ccc(C(=O)CCC2CCCC(CNC(=O)c3ccc(OC(C)=O)c(OC(C)=O)c3)C2)cc1OC(C)=O. The highest BCUT2D eigenvalue weighted by molar-refractivity contribution is 5.97. The molecule has 0 aromatic heterocycles. The fraction of sp³-hybridized carbons (Fsp3) is 0.419. The molecule has 3 rings (SSSR count). The molecule has 0 heterocycles. The molecule has 0 aliphatic heterocycles. The molecule has 1 aliphatic rings. The maximum absolute atomic E-state index is 12.9. The first-order chi connectivity index (χ1) is 19.9. The van der Waals surface area contributed by atoms with Gasteiger partial charge in [0.1, 0.15) is 0 Å². The van der Waals surface area contributed by atoms with E-state index in [0.717, 1.165) is 25.7 Å². The van der Waals surface area contributed by atoms with Gasteiger partial charge in [-0.2, -0.15) is 0 Å². The number of rotatable bonds is 11. The first-order valence-electron chi connectivity index (χ1n) is 13.7. The third-order valence-corrected chi connectivity index (χ3v) is 6.71. The number of nitrogens with one attached hydrogen (secondary N) is 1. The highest BCUT2D eigenvalue weighted by Gasteiger charge is 2.24. The molecule has 1 saturated carbocycles. The van der Waals surface area contributed by atoms with Gasteiger partial charge < -0.3 is 24.3 Å². The van der Waals surface area contributed by atoms with Gasteiger partial charge in [-0.3, -0.25) is 28.8 Å². The summed E-state index contributed by atoms with van der Waals surface area (Å²) in [5.74, 6) is -2.21. The van der Waals surface area contributed by atoms with Crippen LogP contribution >= 0.6 is 0 Å². The van der Waals surface area contributed by atoms with Crippen molar-refractivity contribution in [2.24, 2.45) is 11.8 Å². The first kappa shape index (κ1) is 32.0. The minimum Gasteiger partial charge on any atom is -0.423 e. The average molecular weight is 582 g/mol. The molecule has 1 aliphatic carbocycles. The van der Waals surface area contributed by atoms with Gasteiger partial charge in [-0.05, 0) is 67.5 Å². The molecule has 1 N–H and O–H groups in total. The summed E-state index contributed by atoms with van der Waals surface area (Å²) in [5, 5.41) is 2.93. The van der Waals surface area contributed by atoms with Crippen LogP contribution in [-0.2, 0) is 19.2 Å².